The number of aromatic nitrogens is 1. The molecule has 0 spiro atoms. The Hall–Kier alpha value is -2.64. The number of benzene rings is 3. The van der Waals surface area contributed by atoms with Crippen molar-refractivity contribution in [1.82, 2.24) is 4.98 Å². The molecule has 0 saturated carbocycles. The summed E-state index contributed by atoms with van der Waals surface area (Å²) >= 11 is -1.94. The zero-order valence-corrected chi connectivity index (χ0v) is 17.3. The van der Waals surface area contributed by atoms with Crippen LogP contribution in [0, 0.1) is 11.3 Å². The number of hydrogen-bond donors (Lipinski definition) is 0. The van der Waals surface area contributed by atoms with Crippen LogP contribution in [-0.2, 0) is 0 Å². The summed E-state index contributed by atoms with van der Waals surface area (Å²) in [6, 6.07) is 23.3. The van der Waals surface area contributed by atoms with Crippen LogP contribution < -0.4 is 4.40 Å². The summed E-state index contributed by atoms with van der Waals surface area (Å²) in [4.78, 5) is 4.69. The van der Waals surface area contributed by atoms with Gasteiger partial charge in [0.2, 0.25) is 0 Å². The van der Waals surface area contributed by atoms with E-state index in [1.54, 1.807) is 0 Å². The van der Waals surface area contributed by atoms with Gasteiger partial charge in [-0.1, -0.05) is 0 Å². The van der Waals surface area contributed by atoms with Crippen LogP contribution in [0.4, 0.5) is 0 Å². The monoisotopic (exact) mass is 398 g/mol. The summed E-state index contributed by atoms with van der Waals surface area (Å²) in [6.07, 6.45) is 1.86. The van der Waals surface area contributed by atoms with Gasteiger partial charge in [-0.25, -0.2) is 0 Å². The molecule has 26 heavy (non-hydrogen) atoms. The molecule has 2 nitrogen and oxygen atoms in total. The van der Waals surface area contributed by atoms with Gasteiger partial charge in [-0.05, 0) is 0 Å². The van der Waals surface area contributed by atoms with Crippen LogP contribution in [-0.4, -0.2) is 18.3 Å². The maximum atomic E-state index is 9.61. The van der Waals surface area contributed by atoms with Crippen LogP contribution in [0.1, 0.15) is 5.56 Å². The molecule has 126 valence electrons. The Morgan fingerprint density at radius 3 is 2.42 bits per heavy atom. The van der Waals surface area contributed by atoms with Gasteiger partial charge in [0.05, 0.1) is 0 Å². The van der Waals surface area contributed by atoms with E-state index >= 15 is 0 Å². The van der Waals surface area contributed by atoms with Crippen molar-refractivity contribution in [3.63, 3.8) is 0 Å². The van der Waals surface area contributed by atoms with Gasteiger partial charge in [0.15, 0.2) is 0 Å². The van der Waals surface area contributed by atoms with Crippen molar-refractivity contribution in [2.45, 2.75) is 17.3 Å². The zero-order valence-electron chi connectivity index (χ0n) is 15.2. The SMILES string of the molecule is [CH3][Ge]([CH3])([CH3])[c]1ccc2ccnc(-c3cc(C#N)c4ccccc4c3)c2c1. The number of nitriles is 1. The molecule has 0 aliphatic heterocycles. The Morgan fingerprint density at radius 1 is 0.846 bits per heavy atom. The standard InChI is InChI=1S/C23H20GeN2/c1-24(2,3)20-9-8-16-10-11-26-23(22(16)14-20)18-12-17-6-4-5-7-21(17)19(13-18)15-25/h4-14H,1-3H3. The van der Waals surface area contributed by atoms with E-state index in [1.807, 2.05) is 30.5 Å². The van der Waals surface area contributed by atoms with Gasteiger partial charge in [0.1, 0.15) is 0 Å². The predicted molar refractivity (Wildman–Crippen MR) is 112 cm³/mol. The molecule has 4 aromatic rings. The second-order valence-electron chi connectivity index (χ2n) is 7.70. The average molecular weight is 397 g/mol. The molecule has 4 rings (SSSR count). The Balaban J connectivity index is 2.03. The summed E-state index contributed by atoms with van der Waals surface area (Å²) in [5.41, 5.74) is 2.66. The van der Waals surface area contributed by atoms with E-state index in [9.17, 15) is 5.26 Å². The van der Waals surface area contributed by atoms with Crippen molar-refractivity contribution < 1.29 is 0 Å². The fourth-order valence-electron chi connectivity index (χ4n) is 3.40. The van der Waals surface area contributed by atoms with Gasteiger partial charge in [0, 0.05) is 0 Å². The second kappa shape index (κ2) is 6.26. The van der Waals surface area contributed by atoms with E-state index in [-0.39, 0.29) is 0 Å². The first-order valence-corrected chi connectivity index (χ1v) is 16.1. The fourth-order valence-corrected chi connectivity index (χ4v) is 5.84. The van der Waals surface area contributed by atoms with Gasteiger partial charge < -0.3 is 0 Å². The number of rotatable bonds is 2. The molecule has 0 aliphatic carbocycles. The van der Waals surface area contributed by atoms with Crippen LogP contribution in [0.15, 0.2) is 66.9 Å². The van der Waals surface area contributed by atoms with Crippen molar-refractivity contribution in [3.05, 3.63) is 72.4 Å². The quantitative estimate of drug-likeness (QED) is 0.421. The minimum atomic E-state index is -1.94. The first kappa shape index (κ1) is 16.8. The molecule has 0 N–H and O–H groups in total. The van der Waals surface area contributed by atoms with Crippen LogP contribution in [0.2, 0.25) is 17.3 Å². The topological polar surface area (TPSA) is 36.7 Å². The third kappa shape index (κ3) is 2.89. The maximum absolute atomic E-state index is 9.61. The van der Waals surface area contributed by atoms with E-state index in [4.69, 9.17) is 4.98 Å². The van der Waals surface area contributed by atoms with Gasteiger partial charge in [-0.2, -0.15) is 0 Å². The van der Waals surface area contributed by atoms with Crippen LogP contribution in [0.25, 0.3) is 32.8 Å². The third-order valence-electron chi connectivity index (χ3n) is 4.89. The molecule has 0 saturated heterocycles. The summed E-state index contributed by atoms with van der Waals surface area (Å²) in [7, 11) is 0. The van der Waals surface area contributed by atoms with E-state index in [0.717, 1.165) is 22.0 Å². The first-order chi connectivity index (χ1) is 12.5. The number of pyridine rings is 1. The fraction of sp³-hybridized carbons (Fsp3) is 0.130. The van der Waals surface area contributed by atoms with Crippen LogP contribution in [0.3, 0.4) is 0 Å². The average Bonchev–Trinajstić information content (AvgIpc) is 2.65. The Morgan fingerprint density at radius 2 is 1.65 bits per heavy atom. The van der Waals surface area contributed by atoms with Crippen molar-refractivity contribution in [3.8, 4) is 17.3 Å². The first-order valence-electron chi connectivity index (χ1n) is 8.80. The predicted octanol–water partition coefficient (Wildman–Crippen LogP) is 5.47. The van der Waals surface area contributed by atoms with E-state index in [1.165, 1.54) is 15.2 Å². The van der Waals surface area contributed by atoms with Crippen molar-refractivity contribution in [2.75, 3.05) is 0 Å². The molecule has 0 fully saturated rings. The molecular formula is C23H20GeN2. The summed E-state index contributed by atoms with van der Waals surface area (Å²) in [5, 5.41) is 14.0. The Kier molecular flexibility index (Phi) is 4.05. The molecule has 3 aromatic carbocycles. The van der Waals surface area contributed by atoms with Gasteiger partial charge >= 0.3 is 156 Å². The Labute approximate surface area is 156 Å². The van der Waals surface area contributed by atoms with Gasteiger partial charge in [-0.3, -0.25) is 0 Å². The molecular weight excluding hydrogens is 377 g/mol. The number of fused-ring (bicyclic) bond motifs is 2. The normalized spacial score (nSPS) is 11.6. The van der Waals surface area contributed by atoms with E-state index in [0.29, 0.717) is 5.56 Å². The summed E-state index contributed by atoms with van der Waals surface area (Å²) < 4.78 is 1.47. The molecule has 1 aromatic heterocycles. The van der Waals surface area contributed by atoms with Crippen LogP contribution >= 0.6 is 0 Å². The zero-order chi connectivity index (χ0) is 18.3. The molecule has 1 heterocycles. The van der Waals surface area contributed by atoms with E-state index in [2.05, 4.69) is 59.7 Å². The van der Waals surface area contributed by atoms with Gasteiger partial charge in [-0.15, -0.1) is 0 Å². The molecule has 0 radical (unpaired) electrons. The second-order valence-corrected chi connectivity index (χ2v) is 18.4. The van der Waals surface area contributed by atoms with Crippen LogP contribution in [0.5, 0.6) is 0 Å². The van der Waals surface area contributed by atoms with Crippen molar-refractivity contribution in [1.29, 1.82) is 5.26 Å². The summed E-state index contributed by atoms with van der Waals surface area (Å²) in [6.45, 7) is 0. The minimum absolute atomic E-state index is 0.696. The van der Waals surface area contributed by atoms with Crippen molar-refractivity contribution in [2.24, 2.45) is 0 Å². The van der Waals surface area contributed by atoms with Gasteiger partial charge in [0.25, 0.3) is 0 Å². The molecule has 3 heteroatoms. The summed E-state index contributed by atoms with van der Waals surface area (Å²) in [5.74, 6) is 7.21. The third-order valence-corrected chi connectivity index (χ3v) is 9.17. The molecule has 0 unspecified atom stereocenters. The number of nitrogens with zero attached hydrogens (tertiary/aromatic N) is 2. The molecule has 0 atom stereocenters. The van der Waals surface area contributed by atoms with Crippen molar-refractivity contribution >= 4 is 39.2 Å². The molecule has 0 bridgehead atoms. The Bertz CT molecular complexity index is 1180. The van der Waals surface area contributed by atoms with E-state index < -0.39 is 13.3 Å². The molecule has 0 amide bonds. The molecule has 0 aliphatic rings. The number of hydrogen-bond acceptors (Lipinski definition) is 2.